The number of phenolic OH excluding ortho intramolecular Hbond substituents is 1. The van der Waals surface area contributed by atoms with Crippen LogP contribution in [0.3, 0.4) is 0 Å². The fraction of sp³-hybridized carbons (Fsp3) is 0.154. The number of rotatable bonds is 3. The van der Waals surface area contributed by atoms with Gasteiger partial charge in [-0.05, 0) is 30.7 Å². The molecule has 1 aromatic carbocycles. The first-order chi connectivity index (χ1) is 8.99. The summed E-state index contributed by atoms with van der Waals surface area (Å²) >= 11 is 5.60. The van der Waals surface area contributed by atoms with Crippen LogP contribution in [0.25, 0.3) is 0 Å². The Morgan fingerprint density at radius 2 is 2.26 bits per heavy atom. The van der Waals surface area contributed by atoms with Crippen LogP contribution in [0.4, 0.5) is 4.39 Å². The number of carbonyl (C=O) groups excluding carboxylic acids is 1. The standard InChI is InChI=1S/C13H11ClFNO3/c1-7-2-3-19-11(7)6-16-13(18)8-4-9(14)12(17)10(15)5-8/h2-5,17H,6H2,1H3,(H,16,18). The summed E-state index contributed by atoms with van der Waals surface area (Å²) < 4.78 is 18.4. The average Bonchev–Trinajstić information content (AvgIpc) is 2.78. The van der Waals surface area contributed by atoms with E-state index in [1.807, 2.05) is 6.92 Å². The van der Waals surface area contributed by atoms with Crippen LogP contribution in [0.15, 0.2) is 28.9 Å². The van der Waals surface area contributed by atoms with Gasteiger partial charge in [0.25, 0.3) is 5.91 Å². The normalized spacial score (nSPS) is 10.5. The van der Waals surface area contributed by atoms with E-state index >= 15 is 0 Å². The Balaban J connectivity index is 2.10. The van der Waals surface area contributed by atoms with Gasteiger partial charge in [-0.3, -0.25) is 4.79 Å². The van der Waals surface area contributed by atoms with Crippen LogP contribution < -0.4 is 5.32 Å². The molecule has 2 rings (SSSR count). The third-order valence-electron chi connectivity index (χ3n) is 2.66. The van der Waals surface area contributed by atoms with Gasteiger partial charge in [0.2, 0.25) is 0 Å². The second-order valence-electron chi connectivity index (χ2n) is 4.00. The molecule has 1 heterocycles. The molecule has 1 amide bonds. The zero-order chi connectivity index (χ0) is 14.0. The Kier molecular flexibility index (Phi) is 3.76. The largest absolute Gasteiger partial charge is 0.504 e. The van der Waals surface area contributed by atoms with Crippen LogP contribution in [0, 0.1) is 12.7 Å². The highest BCUT2D eigenvalue weighted by Crippen LogP contribution is 2.27. The van der Waals surface area contributed by atoms with Crippen LogP contribution in [0.2, 0.25) is 5.02 Å². The number of hydrogen-bond donors (Lipinski definition) is 2. The van der Waals surface area contributed by atoms with Crippen molar-refractivity contribution in [3.8, 4) is 5.75 Å². The van der Waals surface area contributed by atoms with Gasteiger partial charge in [-0.15, -0.1) is 0 Å². The molecule has 0 unspecified atom stereocenters. The number of halogens is 2. The van der Waals surface area contributed by atoms with Crippen LogP contribution in [-0.4, -0.2) is 11.0 Å². The van der Waals surface area contributed by atoms with Gasteiger partial charge < -0.3 is 14.8 Å². The monoisotopic (exact) mass is 283 g/mol. The van der Waals surface area contributed by atoms with Gasteiger partial charge >= 0.3 is 0 Å². The minimum absolute atomic E-state index is 0.0320. The molecule has 2 aromatic rings. The highest BCUT2D eigenvalue weighted by molar-refractivity contribution is 6.32. The summed E-state index contributed by atoms with van der Waals surface area (Å²) in [7, 11) is 0. The van der Waals surface area contributed by atoms with Gasteiger partial charge in [0.15, 0.2) is 11.6 Å². The molecule has 0 aliphatic rings. The molecule has 0 saturated carbocycles. The predicted molar refractivity (Wildman–Crippen MR) is 67.7 cm³/mol. The van der Waals surface area contributed by atoms with Crippen LogP contribution in [0.1, 0.15) is 21.7 Å². The number of hydrogen-bond acceptors (Lipinski definition) is 3. The zero-order valence-corrected chi connectivity index (χ0v) is 10.8. The number of phenols is 1. The molecule has 0 bridgehead atoms. The van der Waals surface area contributed by atoms with Gasteiger partial charge in [-0.2, -0.15) is 0 Å². The molecule has 1 aromatic heterocycles. The number of nitrogens with one attached hydrogen (secondary N) is 1. The molecule has 2 N–H and O–H groups in total. The fourth-order valence-electron chi connectivity index (χ4n) is 1.54. The third kappa shape index (κ3) is 2.88. The van der Waals surface area contributed by atoms with E-state index in [1.165, 1.54) is 12.3 Å². The summed E-state index contributed by atoms with van der Waals surface area (Å²) in [5.41, 5.74) is 0.944. The Morgan fingerprint density at radius 3 is 2.84 bits per heavy atom. The maximum Gasteiger partial charge on any atom is 0.251 e. The van der Waals surface area contributed by atoms with Crippen molar-refractivity contribution < 1.29 is 18.7 Å². The molecule has 0 fully saturated rings. The Labute approximate surface area is 113 Å². The predicted octanol–water partition coefficient (Wildman–Crippen LogP) is 3.02. The van der Waals surface area contributed by atoms with E-state index in [2.05, 4.69) is 5.32 Å². The lowest BCUT2D eigenvalue weighted by atomic mass is 10.2. The van der Waals surface area contributed by atoms with E-state index in [1.54, 1.807) is 6.07 Å². The van der Waals surface area contributed by atoms with Crippen LogP contribution in [-0.2, 0) is 6.54 Å². The minimum Gasteiger partial charge on any atom is -0.504 e. The van der Waals surface area contributed by atoms with Crippen molar-refractivity contribution in [2.24, 2.45) is 0 Å². The van der Waals surface area contributed by atoms with Crippen LogP contribution >= 0.6 is 11.6 Å². The Bertz CT molecular complexity index is 601. The summed E-state index contributed by atoms with van der Waals surface area (Å²) in [5, 5.41) is 11.5. The SMILES string of the molecule is Cc1ccoc1CNC(=O)c1cc(F)c(O)c(Cl)c1. The molecule has 6 heteroatoms. The smallest absolute Gasteiger partial charge is 0.251 e. The first-order valence-corrected chi connectivity index (χ1v) is 5.86. The molecule has 4 nitrogen and oxygen atoms in total. The summed E-state index contributed by atoms with van der Waals surface area (Å²) in [5.74, 6) is -1.48. The van der Waals surface area contributed by atoms with Gasteiger partial charge in [0.1, 0.15) is 5.76 Å². The first kappa shape index (κ1) is 13.4. The first-order valence-electron chi connectivity index (χ1n) is 5.48. The van der Waals surface area contributed by atoms with Crippen LogP contribution in [0.5, 0.6) is 5.75 Å². The fourth-order valence-corrected chi connectivity index (χ4v) is 1.75. The Hall–Kier alpha value is -2.01. The number of furan rings is 1. The van der Waals surface area contributed by atoms with E-state index in [9.17, 15) is 14.3 Å². The molecule has 0 saturated heterocycles. The van der Waals surface area contributed by atoms with Crippen molar-refractivity contribution in [1.82, 2.24) is 5.32 Å². The van der Waals surface area contributed by atoms with Crippen molar-refractivity contribution in [2.75, 3.05) is 0 Å². The van der Waals surface area contributed by atoms with Crippen molar-refractivity contribution in [2.45, 2.75) is 13.5 Å². The minimum atomic E-state index is -0.938. The number of aryl methyl sites for hydroxylation is 1. The third-order valence-corrected chi connectivity index (χ3v) is 2.94. The summed E-state index contributed by atoms with van der Waals surface area (Å²) in [6.07, 6.45) is 1.52. The second-order valence-corrected chi connectivity index (χ2v) is 4.41. The lowest BCUT2D eigenvalue weighted by Gasteiger charge is -2.06. The summed E-state index contributed by atoms with van der Waals surface area (Å²) in [6, 6.07) is 3.90. The molecular formula is C13H11ClFNO3. The van der Waals surface area contributed by atoms with Gasteiger partial charge in [0.05, 0.1) is 17.8 Å². The average molecular weight is 284 g/mol. The number of aromatic hydroxyl groups is 1. The maximum absolute atomic E-state index is 13.2. The van der Waals surface area contributed by atoms with E-state index < -0.39 is 17.5 Å². The number of benzene rings is 1. The number of carbonyl (C=O) groups is 1. The molecular weight excluding hydrogens is 273 g/mol. The molecule has 0 aliphatic carbocycles. The quantitative estimate of drug-likeness (QED) is 0.910. The highest BCUT2D eigenvalue weighted by Gasteiger charge is 2.13. The summed E-state index contributed by atoms with van der Waals surface area (Å²) in [6.45, 7) is 2.04. The van der Waals surface area contributed by atoms with E-state index in [-0.39, 0.29) is 17.1 Å². The zero-order valence-electron chi connectivity index (χ0n) is 10.0. The van der Waals surface area contributed by atoms with Crippen molar-refractivity contribution >= 4 is 17.5 Å². The molecule has 0 atom stereocenters. The van der Waals surface area contributed by atoms with Crippen molar-refractivity contribution in [3.63, 3.8) is 0 Å². The highest BCUT2D eigenvalue weighted by atomic mass is 35.5. The number of amides is 1. The van der Waals surface area contributed by atoms with Gasteiger partial charge in [0, 0.05) is 5.56 Å². The molecule has 19 heavy (non-hydrogen) atoms. The lowest BCUT2D eigenvalue weighted by molar-refractivity contribution is 0.0947. The van der Waals surface area contributed by atoms with E-state index in [0.29, 0.717) is 5.76 Å². The summed E-state index contributed by atoms with van der Waals surface area (Å²) in [4.78, 5) is 11.8. The molecule has 0 spiro atoms. The molecule has 0 radical (unpaired) electrons. The Morgan fingerprint density at radius 1 is 1.53 bits per heavy atom. The molecule has 0 aliphatic heterocycles. The van der Waals surface area contributed by atoms with Crippen molar-refractivity contribution in [3.05, 3.63) is 52.2 Å². The van der Waals surface area contributed by atoms with E-state index in [4.69, 9.17) is 16.0 Å². The van der Waals surface area contributed by atoms with Crippen molar-refractivity contribution in [1.29, 1.82) is 0 Å². The topological polar surface area (TPSA) is 62.5 Å². The maximum atomic E-state index is 13.2. The molecule has 100 valence electrons. The second kappa shape index (κ2) is 5.32. The van der Waals surface area contributed by atoms with Gasteiger partial charge in [-0.25, -0.2) is 4.39 Å². The van der Waals surface area contributed by atoms with E-state index in [0.717, 1.165) is 11.6 Å². The lowest BCUT2D eigenvalue weighted by Crippen LogP contribution is -2.23. The van der Waals surface area contributed by atoms with Gasteiger partial charge in [-0.1, -0.05) is 11.6 Å².